The summed E-state index contributed by atoms with van der Waals surface area (Å²) in [5, 5.41) is 36.9. The summed E-state index contributed by atoms with van der Waals surface area (Å²) in [6.07, 6.45) is -6.56. The Hall–Kier alpha value is -2.43. The van der Waals surface area contributed by atoms with Gasteiger partial charge in [0.1, 0.15) is 23.3 Å². The molecule has 0 radical (unpaired) electrons. The van der Waals surface area contributed by atoms with Gasteiger partial charge >= 0.3 is 6.18 Å². The average Bonchev–Trinajstić information content (AvgIpc) is 3.27. The van der Waals surface area contributed by atoms with Gasteiger partial charge in [0, 0.05) is 16.7 Å². The Balaban J connectivity index is 1.83. The van der Waals surface area contributed by atoms with Crippen LogP contribution in [-0.4, -0.2) is 65.7 Å². The maximum atomic E-state index is 13.5. The smallest absolute Gasteiger partial charge is 0.394 e. The number of hydrogen-bond donors (Lipinski definition) is 3. The van der Waals surface area contributed by atoms with Crippen molar-refractivity contribution in [3.63, 3.8) is 0 Å². The van der Waals surface area contributed by atoms with Crippen LogP contribution in [0.1, 0.15) is 12.6 Å². The molecule has 0 aliphatic heterocycles. The fraction of sp³-hybridized carbons (Fsp3) is 0.381. The number of ether oxygens (including phenoxy) is 1. The number of nitrogens with zero attached hydrogens (tertiary/aromatic N) is 4. The van der Waals surface area contributed by atoms with E-state index in [1.54, 1.807) is 0 Å². The first kappa shape index (κ1) is 29.1. The molecule has 0 aliphatic carbocycles. The van der Waals surface area contributed by atoms with Gasteiger partial charge in [-0.3, -0.25) is 0 Å². The molecule has 37 heavy (non-hydrogen) atoms. The van der Waals surface area contributed by atoms with E-state index < -0.39 is 64.7 Å². The summed E-state index contributed by atoms with van der Waals surface area (Å²) in [4.78, 5) is 3.38. The molecule has 2 unspecified atom stereocenters. The Kier molecular flexibility index (Phi) is 9.42. The van der Waals surface area contributed by atoms with Crippen LogP contribution in [0.25, 0.3) is 11.3 Å². The number of thioether (sulfide) groups is 1. The molecule has 0 saturated heterocycles. The Morgan fingerprint density at radius 2 is 1.78 bits per heavy atom. The number of benzene rings is 1. The number of aliphatic hydroxyl groups is 3. The third-order valence-electron chi connectivity index (χ3n) is 4.87. The normalized spacial score (nSPS) is 15.4. The highest BCUT2D eigenvalue weighted by Gasteiger charge is 2.36. The van der Waals surface area contributed by atoms with Crippen molar-refractivity contribution in [2.24, 2.45) is 0 Å². The van der Waals surface area contributed by atoms with Crippen molar-refractivity contribution in [3.05, 3.63) is 58.8 Å². The molecule has 2 aromatic heterocycles. The van der Waals surface area contributed by atoms with E-state index in [-0.39, 0.29) is 22.7 Å². The molecule has 0 saturated carbocycles. The summed E-state index contributed by atoms with van der Waals surface area (Å²) in [6, 6.07) is 2.38. The van der Waals surface area contributed by atoms with Crippen LogP contribution >= 0.6 is 23.4 Å². The fourth-order valence-corrected chi connectivity index (χ4v) is 4.35. The summed E-state index contributed by atoms with van der Waals surface area (Å²) < 4.78 is 85.9. The van der Waals surface area contributed by atoms with Gasteiger partial charge in [-0.25, -0.2) is 22.8 Å². The SMILES string of the molecule is C[C@@H](O)C(CO)OC(Sc1cnc(C(F)(F)F)c(Cl)c1)[C@@H](O)Cn1cc(-c2cc(F)c(F)c(F)c2)nn1. The molecular weight excluding hydrogens is 554 g/mol. The van der Waals surface area contributed by atoms with Crippen LogP contribution in [0.5, 0.6) is 0 Å². The van der Waals surface area contributed by atoms with Gasteiger partial charge < -0.3 is 20.1 Å². The number of rotatable bonds is 10. The number of hydrogen-bond acceptors (Lipinski definition) is 8. The summed E-state index contributed by atoms with van der Waals surface area (Å²) >= 11 is 6.41. The molecule has 3 aromatic rings. The quantitative estimate of drug-likeness (QED) is 0.146. The van der Waals surface area contributed by atoms with Crippen molar-refractivity contribution in [3.8, 4) is 11.3 Å². The van der Waals surface area contributed by atoms with Crippen molar-refractivity contribution >= 4 is 23.4 Å². The molecule has 0 amide bonds. The van der Waals surface area contributed by atoms with Gasteiger partial charge in [-0.05, 0) is 25.1 Å². The lowest BCUT2D eigenvalue weighted by atomic mass is 10.1. The fourth-order valence-electron chi connectivity index (χ4n) is 3.01. The second kappa shape index (κ2) is 12.0. The number of aliphatic hydroxyl groups excluding tert-OH is 3. The summed E-state index contributed by atoms with van der Waals surface area (Å²) in [7, 11) is 0. The minimum absolute atomic E-state index is 0.0499. The lowest BCUT2D eigenvalue weighted by Gasteiger charge is -2.28. The van der Waals surface area contributed by atoms with Gasteiger partial charge in [0.25, 0.3) is 0 Å². The molecule has 4 atom stereocenters. The van der Waals surface area contributed by atoms with Crippen molar-refractivity contribution in [2.45, 2.75) is 48.3 Å². The van der Waals surface area contributed by atoms with E-state index in [2.05, 4.69) is 15.3 Å². The minimum Gasteiger partial charge on any atom is -0.394 e. The van der Waals surface area contributed by atoms with Crippen LogP contribution in [0.3, 0.4) is 0 Å². The zero-order valence-corrected chi connectivity index (χ0v) is 20.3. The van der Waals surface area contributed by atoms with Crippen LogP contribution in [-0.2, 0) is 17.5 Å². The highest BCUT2D eigenvalue weighted by Crippen LogP contribution is 2.36. The van der Waals surface area contributed by atoms with E-state index in [0.717, 1.165) is 16.9 Å². The van der Waals surface area contributed by atoms with Crippen molar-refractivity contribution in [1.29, 1.82) is 0 Å². The number of alkyl halides is 3. The predicted molar refractivity (Wildman–Crippen MR) is 119 cm³/mol. The molecule has 3 rings (SSSR count). The van der Waals surface area contributed by atoms with Gasteiger partial charge in [0.15, 0.2) is 23.1 Å². The van der Waals surface area contributed by atoms with E-state index in [1.807, 2.05) is 0 Å². The van der Waals surface area contributed by atoms with E-state index >= 15 is 0 Å². The maximum absolute atomic E-state index is 13.5. The Morgan fingerprint density at radius 3 is 2.32 bits per heavy atom. The lowest BCUT2D eigenvalue weighted by molar-refractivity contribution is -0.141. The molecule has 16 heteroatoms. The molecule has 1 aromatic carbocycles. The van der Waals surface area contributed by atoms with E-state index in [9.17, 15) is 41.7 Å². The summed E-state index contributed by atoms with van der Waals surface area (Å²) in [5.74, 6) is -4.53. The number of aromatic nitrogens is 4. The lowest BCUT2D eigenvalue weighted by Crippen LogP contribution is -2.39. The van der Waals surface area contributed by atoms with Gasteiger partial charge in [0.2, 0.25) is 0 Å². The van der Waals surface area contributed by atoms with Crippen molar-refractivity contribution in [1.82, 2.24) is 20.0 Å². The van der Waals surface area contributed by atoms with Gasteiger partial charge in [-0.1, -0.05) is 28.6 Å². The topological polar surface area (TPSA) is 114 Å². The molecule has 0 bridgehead atoms. The Morgan fingerprint density at radius 1 is 1.14 bits per heavy atom. The van der Waals surface area contributed by atoms with E-state index in [0.29, 0.717) is 23.9 Å². The molecule has 202 valence electrons. The van der Waals surface area contributed by atoms with Crippen LogP contribution in [0, 0.1) is 17.5 Å². The highest BCUT2D eigenvalue weighted by atomic mass is 35.5. The first-order valence-electron chi connectivity index (χ1n) is 10.4. The third kappa shape index (κ3) is 7.33. The Bertz CT molecular complexity index is 1210. The standard InChI is InChI=1S/C21H19ClF6N4O4S/c1-9(34)17(8-33)36-20(37-11-4-12(22)19(29-5-11)21(26,27)28)16(35)7-32-6-15(30-31-32)10-2-13(23)18(25)14(24)3-10/h2-6,9,16-17,20,33-35H,7-8H2,1H3/t9-,16+,17?,20?/m1/s1. The zero-order chi connectivity index (χ0) is 27.5. The van der Waals surface area contributed by atoms with Crippen molar-refractivity contribution < 1.29 is 46.4 Å². The van der Waals surface area contributed by atoms with Gasteiger partial charge in [-0.2, -0.15) is 13.2 Å². The average molecular weight is 573 g/mol. The number of halogens is 7. The van der Waals surface area contributed by atoms with Gasteiger partial charge in [0.05, 0.1) is 30.5 Å². The molecule has 8 nitrogen and oxygen atoms in total. The van der Waals surface area contributed by atoms with Crippen LogP contribution in [0.4, 0.5) is 26.3 Å². The zero-order valence-electron chi connectivity index (χ0n) is 18.7. The summed E-state index contributed by atoms with van der Waals surface area (Å²) in [6.45, 7) is 0.315. The number of pyridine rings is 1. The largest absolute Gasteiger partial charge is 0.434 e. The maximum Gasteiger partial charge on any atom is 0.434 e. The van der Waals surface area contributed by atoms with Gasteiger partial charge in [-0.15, -0.1) is 5.10 Å². The first-order chi connectivity index (χ1) is 17.3. The first-order valence-corrected chi connectivity index (χ1v) is 11.6. The van der Waals surface area contributed by atoms with Crippen LogP contribution in [0.15, 0.2) is 35.5 Å². The highest BCUT2D eigenvalue weighted by molar-refractivity contribution is 7.99. The monoisotopic (exact) mass is 572 g/mol. The molecule has 0 spiro atoms. The van der Waals surface area contributed by atoms with Crippen molar-refractivity contribution in [2.75, 3.05) is 6.61 Å². The second-order valence-corrected chi connectivity index (χ2v) is 9.31. The molecule has 0 aliphatic rings. The second-order valence-electron chi connectivity index (χ2n) is 7.73. The molecule has 0 fully saturated rings. The molecule has 3 N–H and O–H groups in total. The Labute approximate surface area is 214 Å². The third-order valence-corrected chi connectivity index (χ3v) is 6.31. The van der Waals surface area contributed by atoms with Crippen LogP contribution in [0.2, 0.25) is 5.02 Å². The van der Waals surface area contributed by atoms with Crippen LogP contribution < -0.4 is 0 Å². The van der Waals surface area contributed by atoms with E-state index in [1.165, 1.54) is 13.1 Å². The molecular formula is C21H19ClF6N4O4S. The molecule has 2 heterocycles. The predicted octanol–water partition coefficient (Wildman–Crippen LogP) is 3.67. The van der Waals surface area contributed by atoms with E-state index in [4.69, 9.17) is 16.3 Å². The minimum atomic E-state index is -4.79. The summed E-state index contributed by atoms with van der Waals surface area (Å²) in [5.41, 5.74) is -2.78.